The molecule has 0 bridgehead atoms. The Morgan fingerprint density at radius 2 is 0.562 bits per heavy atom. The monoisotopic (exact) mass is 912 g/mol. The average molecular weight is 913 g/mol. The summed E-state index contributed by atoms with van der Waals surface area (Å²) < 4.78 is 74.3. The summed E-state index contributed by atoms with van der Waals surface area (Å²) in [6.07, 6.45) is 2.71. The van der Waals surface area contributed by atoms with Crippen molar-refractivity contribution in [2.45, 2.75) is 65.1 Å². The van der Waals surface area contributed by atoms with E-state index in [0.717, 1.165) is 36.5 Å². The van der Waals surface area contributed by atoms with E-state index < -0.39 is 77.2 Å². The molecule has 0 fully saturated rings. The maximum atomic E-state index is 11.9. The number of esters is 6. The van der Waals surface area contributed by atoms with Gasteiger partial charge in [-0.2, -0.15) is 0 Å². The van der Waals surface area contributed by atoms with Crippen LogP contribution in [0.25, 0.3) is 0 Å². The molecule has 0 aromatic heterocycles. The van der Waals surface area contributed by atoms with Gasteiger partial charge in [-0.15, -0.1) is 0 Å². The molecule has 0 spiro atoms. The van der Waals surface area contributed by atoms with Gasteiger partial charge >= 0.3 is 35.8 Å². The first-order valence-corrected chi connectivity index (χ1v) is 20.4. The van der Waals surface area contributed by atoms with Gasteiger partial charge in [0, 0.05) is 36.5 Å². The molecule has 19 heteroatoms. The molecule has 19 nitrogen and oxygen atoms in total. The first kappa shape index (κ1) is 59.0. The molecular weight excluding hydrogens is 844 g/mol. The molecule has 5 unspecified atom stereocenters. The van der Waals surface area contributed by atoms with Crippen LogP contribution < -0.4 is 0 Å². The van der Waals surface area contributed by atoms with E-state index in [1.165, 1.54) is 0 Å². The Morgan fingerprint density at radius 1 is 0.344 bits per heavy atom. The third kappa shape index (κ3) is 28.6. The van der Waals surface area contributed by atoms with Crippen molar-refractivity contribution in [2.24, 2.45) is 10.8 Å². The number of carbonyl (C=O) groups is 6. The van der Waals surface area contributed by atoms with E-state index in [9.17, 15) is 28.8 Å². The Kier molecular flexibility index (Phi) is 31.7. The van der Waals surface area contributed by atoms with Crippen LogP contribution in [-0.2, 0) is 90.3 Å². The number of ether oxygens (including phenoxy) is 13. The van der Waals surface area contributed by atoms with Gasteiger partial charge in [0.15, 0.2) is 0 Å². The first-order chi connectivity index (χ1) is 30.4. The second-order valence-corrected chi connectivity index (χ2v) is 14.8. The lowest BCUT2D eigenvalue weighted by atomic mass is 9.90. The second kappa shape index (κ2) is 34.4. The van der Waals surface area contributed by atoms with Gasteiger partial charge in [-0.1, -0.05) is 39.5 Å². The average Bonchev–Trinajstić information content (AvgIpc) is 3.25. The van der Waals surface area contributed by atoms with E-state index in [1.54, 1.807) is 34.6 Å². The highest BCUT2D eigenvalue weighted by Gasteiger charge is 2.38. The molecule has 0 heterocycles. The van der Waals surface area contributed by atoms with E-state index in [-0.39, 0.29) is 99.1 Å². The van der Waals surface area contributed by atoms with Gasteiger partial charge in [0.1, 0.15) is 37.1 Å². The van der Waals surface area contributed by atoms with Crippen LogP contribution in [0.1, 0.15) is 34.6 Å². The summed E-state index contributed by atoms with van der Waals surface area (Å²) in [7, 11) is 0. The molecule has 0 aliphatic carbocycles. The molecule has 0 saturated heterocycles. The predicted molar refractivity (Wildman–Crippen MR) is 231 cm³/mol. The van der Waals surface area contributed by atoms with Crippen LogP contribution >= 0.6 is 0 Å². The fourth-order valence-corrected chi connectivity index (χ4v) is 5.14. The smallest absolute Gasteiger partial charge is 0.330 e. The van der Waals surface area contributed by atoms with E-state index >= 15 is 0 Å². The van der Waals surface area contributed by atoms with Crippen molar-refractivity contribution >= 4 is 35.8 Å². The van der Waals surface area contributed by atoms with Crippen LogP contribution in [-0.4, -0.2) is 165 Å². The summed E-state index contributed by atoms with van der Waals surface area (Å²) >= 11 is 0. The minimum atomic E-state index is -1.15. The Hall–Kier alpha value is -5.02. The van der Waals surface area contributed by atoms with E-state index in [1.807, 2.05) is 0 Å². The minimum absolute atomic E-state index is 0.0423. The number of rotatable bonds is 40. The van der Waals surface area contributed by atoms with E-state index in [0.29, 0.717) is 0 Å². The summed E-state index contributed by atoms with van der Waals surface area (Å²) in [4.78, 5) is 71.0. The summed E-state index contributed by atoms with van der Waals surface area (Å²) in [5, 5.41) is 0. The van der Waals surface area contributed by atoms with Crippen LogP contribution in [0.2, 0.25) is 0 Å². The van der Waals surface area contributed by atoms with Crippen LogP contribution in [0.5, 0.6) is 0 Å². The van der Waals surface area contributed by atoms with Crippen molar-refractivity contribution in [2.75, 3.05) is 99.1 Å². The van der Waals surface area contributed by atoms with Crippen LogP contribution in [0, 0.1) is 10.8 Å². The summed E-state index contributed by atoms with van der Waals surface area (Å²) in [5.41, 5.74) is -2.30. The van der Waals surface area contributed by atoms with Crippen molar-refractivity contribution in [1.29, 1.82) is 0 Å². The minimum Gasteiger partial charge on any atom is -0.460 e. The molecule has 0 amide bonds. The fraction of sp³-hybridized carbons (Fsp3) is 0.600. The van der Waals surface area contributed by atoms with Crippen molar-refractivity contribution < 1.29 is 90.3 Å². The summed E-state index contributed by atoms with van der Waals surface area (Å²) in [6.45, 7) is 27.3. The standard InChI is InChI=1S/C45H68O19/c1-12-38(46)59-19-18-52-25-44(26-53-20-33(7)60-39(47)13-2,27-54-21-34(8)61-40(48)14-3)31-58-32-45(28-55-22-35(9)62-41(49)15-4,29-56-23-36(10)63-42(50)16-5)30-57-24-37(11)64-43(51)17-6/h12-17,33-37H,1-6,18-32H2,7-11H3. The zero-order chi connectivity index (χ0) is 48.4. The molecule has 362 valence electrons. The Labute approximate surface area is 376 Å². The van der Waals surface area contributed by atoms with Gasteiger partial charge in [0.25, 0.3) is 0 Å². The molecule has 0 saturated carbocycles. The predicted octanol–water partition coefficient (Wildman–Crippen LogP) is 3.39. The van der Waals surface area contributed by atoms with Crippen LogP contribution in [0.15, 0.2) is 75.9 Å². The van der Waals surface area contributed by atoms with Gasteiger partial charge < -0.3 is 61.6 Å². The SMILES string of the molecule is C=CC(=O)OCCOCC(COCC(C)OC(=O)C=C)(COCC(C)OC(=O)C=C)COCC(COCC(C)OC(=O)C=C)(COCC(C)OC(=O)C=C)COCC(C)OC(=O)C=C. The van der Waals surface area contributed by atoms with E-state index in [4.69, 9.17) is 61.6 Å². The molecule has 0 N–H and O–H groups in total. The summed E-state index contributed by atoms with van der Waals surface area (Å²) in [5.74, 6) is -3.88. The van der Waals surface area contributed by atoms with Gasteiger partial charge in [-0.3, -0.25) is 0 Å². The maximum Gasteiger partial charge on any atom is 0.330 e. The number of hydrogen-bond acceptors (Lipinski definition) is 19. The zero-order valence-corrected chi connectivity index (χ0v) is 38.0. The topological polar surface area (TPSA) is 222 Å². The Balaban J connectivity index is 6.91. The second-order valence-electron chi connectivity index (χ2n) is 14.8. The molecule has 0 aliphatic rings. The lowest BCUT2D eigenvalue weighted by Crippen LogP contribution is -2.47. The highest BCUT2D eigenvalue weighted by Crippen LogP contribution is 2.26. The molecule has 5 atom stereocenters. The van der Waals surface area contributed by atoms with Crippen LogP contribution in [0.4, 0.5) is 0 Å². The quantitative estimate of drug-likeness (QED) is 0.0372. The Morgan fingerprint density at radius 3 is 0.797 bits per heavy atom. The Bertz CT molecular complexity index is 1370. The largest absolute Gasteiger partial charge is 0.460 e. The summed E-state index contributed by atoms with van der Waals surface area (Å²) in [6, 6.07) is 0. The van der Waals surface area contributed by atoms with Crippen LogP contribution in [0.3, 0.4) is 0 Å². The maximum absolute atomic E-state index is 11.9. The number of carbonyl (C=O) groups excluding carboxylic acids is 6. The first-order valence-electron chi connectivity index (χ1n) is 20.4. The lowest BCUT2D eigenvalue weighted by Gasteiger charge is -2.37. The van der Waals surface area contributed by atoms with Crippen molar-refractivity contribution in [3.05, 3.63) is 75.9 Å². The van der Waals surface area contributed by atoms with Gasteiger partial charge in [0.2, 0.25) is 0 Å². The van der Waals surface area contributed by atoms with Crippen molar-refractivity contribution in [3.63, 3.8) is 0 Å². The molecule has 64 heavy (non-hydrogen) atoms. The normalized spacial score (nSPS) is 15.1. The highest BCUT2D eigenvalue weighted by atomic mass is 16.6. The molecule has 0 rings (SSSR count). The molecule has 0 aromatic carbocycles. The van der Waals surface area contributed by atoms with Crippen molar-refractivity contribution in [1.82, 2.24) is 0 Å². The molecule has 0 aliphatic heterocycles. The third-order valence-corrected chi connectivity index (χ3v) is 8.09. The molecule has 0 aromatic rings. The van der Waals surface area contributed by atoms with Gasteiger partial charge in [-0.05, 0) is 34.6 Å². The van der Waals surface area contributed by atoms with E-state index in [2.05, 4.69) is 39.5 Å². The highest BCUT2D eigenvalue weighted by molar-refractivity contribution is 5.83. The number of hydrogen-bond donors (Lipinski definition) is 0. The molecule has 0 radical (unpaired) electrons. The van der Waals surface area contributed by atoms with Gasteiger partial charge in [0.05, 0.1) is 103 Å². The molecular formula is C45H68O19. The fourth-order valence-electron chi connectivity index (χ4n) is 5.14. The van der Waals surface area contributed by atoms with Gasteiger partial charge in [-0.25, -0.2) is 28.8 Å². The lowest BCUT2D eigenvalue weighted by molar-refractivity contribution is -0.165. The van der Waals surface area contributed by atoms with Crippen molar-refractivity contribution in [3.8, 4) is 0 Å². The zero-order valence-electron chi connectivity index (χ0n) is 38.0. The third-order valence-electron chi connectivity index (χ3n) is 8.09.